The normalized spacial score (nSPS) is 18.0. The van der Waals surface area contributed by atoms with Crippen molar-refractivity contribution >= 4 is 12.1 Å². The van der Waals surface area contributed by atoms with E-state index in [0.29, 0.717) is 18.9 Å². The average molecular weight is 443 g/mol. The summed E-state index contributed by atoms with van der Waals surface area (Å²) in [6.07, 6.45) is 2.28. The SMILES string of the molecule is CC(C)c1ccc(/C=N/NC(=O)C2CC(c3cccc(OCc4ccccc4)c3)NN2)cc1. The van der Waals surface area contributed by atoms with Crippen LogP contribution in [-0.2, 0) is 11.4 Å². The summed E-state index contributed by atoms with van der Waals surface area (Å²) >= 11 is 0. The second-order valence-corrected chi connectivity index (χ2v) is 8.53. The Labute approximate surface area is 195 Å². The van der Waals surface area contributed by atoms with Gasteiger partial charge in [0.2, 0.25) is 0 Å². The van der Waals surface area contributed by atoms with Crippen LogP contribution in [0.4, 0.5) is 0 Å². The molecule has 1 heterocycles. The van der Waals surface area contributed by atoms with E-state index in [4.69, 9.17) is 4.74 Å². The largest absolute Gasteiger partial charge is 0.489 e. The second kappa shape index (κ2) is 10.9. The highest BCUT2D eigenvalue weighted by atomic mass is 16.5. The van der Waals surface area contributed by atoms with E-state index in [0.717, 1.165) is 22.4 Å². The summed E-state index contributed by atoms with van der Waals surface area (Å²) in [5.74, 6) is 1.12. The van der Waals surface area contributed by atoms with Gasteiger partial charge in [0.25, 0.3) is 5.91 Å². The first kappa shape index (κ1) is 22.7. The van der Waals surface area contributed by atoms with Crippen LogP contribution in [-0.4, -0.2) is 18.2 Å². The molecule has 0 aromatic heterocycles. The minimum atomic E-state index is -0.371. The minimum absolute atomic E-state index is 0.00795. The van der Waals surface area contributed by atoms with Crippen molar-refractivity contribution in [2.24, 2.45) is 5.10 Å². The summed E-state index contributed by atoms with van der Waals surface area (Å²) in [5, 5.41) is 4.11. The molecule has 6 nitrogen and oxygen atoms in total. The van der Waals surface area contributed by atoms with E-state index in [1.54, 1.807) is 6.21 Å². The molecule has 0 bridgehead atoms. The van der Waals surface area contributed by atoms with E-state index >= 15 is 0 Å². The first-order chi connectivity index (χ1) is 16.1. The molecule has 2 unspecified atom stereocenters. The molecule has 3 aromatic rings. The Morgan fingerprint density at radius 2 is 1.85 bits per heavy atom. The second-order valence-electron chi connectivity index (χ2n) is 8.53. The van der Waals surface area contributed by atoms with Crippen molar-refractivity contribution in [3.8, 4) is 5.75 Å². The monoisotopic (exact) mass is 442 g/mol. The number of amides is 1. The van der Waals surface area contributed by atoms with E-state index in [9.17, 15) is 4.79 Å². The van der Waals surface area contributed by atoms with Crippen molar-refractivity contribution in [2.75, 3.05) is 0 Å². The first-order valence-corrected chi connectivity index (χ1v) is 11.3. The van der Waals surface area contributed by atoms with Gasteiger partial charge in [-0.15, -0.1) is 0 Å². The molecule has 2 atom stereocenters. The molecule has 6 heteroatoms. The molecule has 1 amide bonds. The van der Waals surface area contributed by atoms with Crippen LogP contribution in [0.3, 0.4) is 0 Å². The molecule has 0 spiro atoms. The molecule has 1 aliphatic rings. The fourth-order valence-corrected chi connectivity index (χ4v) is 3.72. The predicted octanol–water partition coefficient (Wildman–Crippen LogP) is 4.45. The first-order valence-electron chi connectivity index (χ1n) is 11.3. The molecule has 4 rings (SSSR count). The number of nitrogens with one attached hydrogen (secondary N) is 3. The summed E-state index contributed by atoms with van der Waals surface area (Å²) in [5.41, 5.74) is 13.3. The van der Waals surface area contributed by atoms with Gasteiger partial charge in [0, 0.05) is 6.04 Å². The number of hydrazine groups is 1. The quantitative estimate of drug-likeness (QED) is 0.356. The fraction of sp³-hybridized carbons (Fsp3) is 0.259. The van der Waals surface area contributed by atoms with Crippen molar-refractivity contribution in [1.29, 1.82) is 0 Å². The van der Waals surface area contributed by atoms with Crippen LogP contribution in [0.1, 0.15) is 54.5 Å². The van der Waals surface area contributed by atoms with Crippen LogP contribution >= 0.6 is 0 Å². The Kier molecular flexibility index (Phi) is 7.50. The van der Waals surface area contributed by atoms with Crippen LogP contribution in [0.25, 0.3) is 0 Å². The Hall–Kier alpha value is -3.48. The number of hydrogen-bond donors (Lipinski definition) is 3. The van der Waals surface area contributed by atoms with E-state index in [1.807, 2.05) is 66.7 Å². The van der Waals surface area contributed by atoms with Crippen molar-refractivity contribution in [3.63, 3.8) is 0 Å². The number of hydrogen-bond acceptors (Lipinski definition) is 5. The summed E-state index contributed by atoms with van der Waals surface area (Å²) in [6, 6.07) is 25.8. The minimum Gasteiger partial charge on any atom is -0.489 e. The van der Waals surface area contributed by atoms with Crippen LogP contribution < -0.4 is 21.0 Å². The van der Waals surface area contributed by atoms with Gasteiger partial charge >= 0.3 is 0 Å². The number of benzene rings is 3. The molecular weight excluding hydrogens is 412 g/mol. The molecule has 1 aliphatic heterocycles. The summed E-state index contributed by atoms with van der Waals surface area (Å²) in [4.78, 5) is 12.5. The van der Waals surface area contributed by atoms with Crippen LogP contribution in [0.5, 0.6) is 5.75 Å². The number of rotatable bonds is 8. The lowest BCUT2D eigenvalue weighted by Gasteiger charge is -2.12. The molecular formula is C27H30N4O2. The maximum absolute atomic E-state index is 12.5. The third kappa shape index (κ3) is 6.28. The topological polar surface area (TPSA) is 74.8 Å². The van der Waals surface area contributed by atoms with Gasteiger partial charge in [-0.2, -0.15) is 5.10 Å². The molecule has 1 saturated heterocycles. The zero-order valence-corrected chi connectivity index (χ0v) is 19.0. The van der Waals surface area contributed by atoms with Gasteiger partial charge in [-0.05, 0) is 46.7 Å². The van der Waals surface area contributed by atoms with Crippen molar-refractivity contribution in [3.05, 3.63) is 101 Å². The Morgan fingerprint density at radius 3 is 2.61 bits per heavy atom. The third-order valence-corrected chi connectivity index (χ3v) is 5.72. The maximum Gasteiger partial charge on any atom is 0.258 e. The molecule has 3 N–H and O–H groups in total. The Balaban J connectivity index is 1.28. The smallest absolute Gasteiger partial charge is 0.258 e. The van der Waals surface area contributed by atoms with Crippen molar-refractivity contribution in [1.82, 2.24) is 16.3 Å². The van der Waals surface area contributed by atoms with Gasteiger partial charge in [-0.3, -0.25) is 4.79 Å². The van der Waals surface area contributed by atoms with Crippen molar-refractivity contribution < 1.29 is 9.53 Å². The number of carbonyl (C=O) groups excluding carboxylic acids is 1. The fourth-order valence-electron chi connectivity index (χ4n) is 3.72. The van der Waals surface area contributed by atoms with Gasteiger partial charge in [-0.1, -0.05) is 80.6 Å². The molecule has 170 valence electrons. The molecule has 1 fully saturated rings. The third-order valence-electron chi connectivity index (χ3n) is 5.72. The Bertz CT molecular complexity index is 1080. The highest BCUT2D eigenvalue weighted by molar-refractivity contribution is 5.85. The lowest BCUT2D eigenvalue weighted by Crippen LogP contribution is -2.41. The summed E-state index contributed by atoms with van der Waals surface area (Å²) in [6.45, 7) is 4.84. The van der Waals surface area contributed by atoms with E-state index in [1.165, 1.54) is 5.56 Å². The lowest BCUT2D eigenvalue weighted by atomic mass is 10.0. The van der Waals surface area contributed by atoms with Gasteiger partial charge in [-0.25, -0.2) is 16.3 Å². The standard InChI is InChI=1S/C27H30N4O2/c1-19(2)22-13-11-20(12-14-22)17-28-31-27(32)26-16-25(29-30-26)23-9-6-10-24(15-23)33-18-21-7-4-3-5-8-21/h3-15,17,19,25-26,29-30H,16,18H2,1-2H3,(H,31,32)/b28-17+. The number of ether oxygens (including phenoxy) is 1. The van der Waals surface area contributed by atoms with E-state index < -0.39 is 0 Å². The van der Waals surface area contributed by atoms with Crippen LogP contribution in [0.2, 0.25) is 0 Å². The summed E-state index contributed by atoms with van der Waals surface area (Å²) in [7, 11) is 0. The van der Waals surface area contributed by atoms with Gasteiger partial charge in [0.1, 0.15) is 18.4 Å². The molecule has 3 aromatic carbocycles. The van der Waals surface area contributed by atoms with Crippen LogP contribution in [0, 0.1) is 0 Å². The Morgan fingerprint density at radius 1 is 1.06 bits per heavy atom. The summed E-state index contributed by atoms with van der Waals surface area (Å²) < 4.78 is 5.94. The zero-order chi connectivity index (χ0) is 23.0. The van der Waals surface area contributed by atoms with E-state index in [-0.39, 0.29) is 18.0 Å². The molecule has 0 saturated carbocycles. The van der Waals surface area contributed by atoms with E-state index in [2.05, 4.69) is 47.4 Å². The van der Waals surface area contributed by atoms with Gasteiger partial charge in [0.15, 0.2) is 0 Å². The average Bonchev–Trinajstić information content (AvgIpc) is 3.34. The van der Waals surface area contributed by atoms with Crippen molar-refractivity contribution in [2.45, 2.75) is 44.9 Å². The van der Waals surface area contributed by atoms with Gasteiger partial charge in [0.05, 0.1) is 6.21 Å². The van der Waals surface area contributed by atoms with Crippen LogP contribution in [0.15, 0.2) is 84.0 Å². The number of carbonyl (C=O) groups is 1. The molecule has 0 radical (unpaired) electrons. The highest BCUT2D eigenvalue weighted by Crippen LogP contribution is 2.26. The highest BCUT2D eigenvalue weighted by Gasteiger charge is 2.30. The number of hydrazone groups is 1. The predicted molar refractivity (Wildman–Crippen MR) is 131 cm³/mol. The maximum atomic E-state index is 12.5. The number of nitrogens with zero attached hydrogens (tertiary/aromatic N) is 1. The zero-order valence-electron chi connectivity index (χ0n) is 19.0. The molecule has 0 aliphatic carbocycles. The van der Waals surface area contributed by atoms with Gasteiger partial charge < -0.3 is 4.74 Å². The lowest BCUT2D eigenvalue weighted by molar-refractivity contribution is -0.122. The molecule has 33 heavy (non-hydrogen) atoms.